The highest BCUT2D eigenvalue weighted by Gasteiger charge is 2.31. The number of aryl methyl sites for hydroxylation is 2. The van der Waals surface area contributed by atoms with Gasteiger partial charge in [0.2, 0.25) is 0 Å². The van der Waals surface area contributed by atoms with Gasteiger partial charge in [-0.05, 0) is 13.5 Å². The van der Waals surface area contributed by atoms with Gasteiger partial charge in [-0.25, -0.2) is 4.98 Å². The quantitative estimate of drug-likeness (QED) is 0.844. The lowest BCUT2D eigenvalue weighted by atomic mass is 10.1. The van der Waals surface area contributed by atoms with Crippen molar-refractivity contribution in [1.29, 1.82) is 0 Å². The van der Waals surface area contributed by atoms with E-state index >= 15 is 0 Å². The Labute approximate surface area is 92.7 Å². The molecule has 0 saturated carbocycles. The molecule has 0 spiro atoms. The standard InChI is InChI=1S/C10H16F3N3/c1-14-8(7-10(11,12)13)3-4-9-15-5-6-16(9)2/h5-6,8,14H,3-4,7H2,1-2H3. The van der Waals surface area contributed by atoms with Gasteiger partial charge in [-0.3, -0.25) is 0 Å². The molecule has 6 heteroatoms. The average molecular weight is 235 g/mol. The summed E-state index contributed by atoms with van der Waals surface area (Å²) in [6, 6.07) is -0.545. The Hall–Kier alpha value is -1.04. The van der Waals surface area contributed by atoms with E-state index in [1.54, 1.807) is 19.4 Å². The third-order valence-corrected chi connectivity index (χ3v) is 2.52. The van der Waals surface area contributed by atoms with Crippen LogP contribution < -0.4 is 5.32 Å². The molecular weight excluding hydrogens is 219 g/mol. The minimum Gasteiger partial charge on any atom is -0.338 e. The van der Waals surface area contributed by atoms with Gasteiger partial charge >= 0.3 is 6.18 Å². The summed E-state index contributed by atoms with van der Waals surface area (Å²) in [5, 5.41) is 2.68. The molecular formula is C10H16F3N3. The number of aromatic nitrogens is 2. The molecule has 1 aromatic heterocycles. The van der Waals surface area contributed by atoms with E-state index in [1.807, 2.05) is 11.6 Å². The lowest BCUT2D eigenvalue weighted by molar-refractivity contribution is -0.140. The second kappa shape index (κ2) is 5.34. The molecule has 0 fully saturated rings. The zero-order valence-electron chi connectivity index (χ0n) is 9.38. The van der Waals surface area contributed by atoms with Crippen molar-refractivity contribution < 1.29 is 13.2 Å². The molecule has 16 heavy (non-hydrogen) atoms. The molecule has 0 saturated heterocycles. The molecule has 1 heterocycles. The topological polar surface area (TPSA) is 29.9 Å². The van der Waals surface area contributed by atoms with Gasteiger partial charge in [0.15, 0.2) is 0 Å². The Bertz CT molecular complexity index is 319. The molecule has 0 aromatic carbocycles. The number of nitrogens with one attached hydrogen (secondary N) is 1. The third kappa shape index (κ3) is 4.22. The van der Waals surface area contributed by atoms with E-state index < -0.39 is 18.6 Å². The predicted molar refractivity (Wildman–Crippen MR) is 55.0 cm³/mol. The fraction of sp³-hybridized carbons (Fsp3) is 0.700. The largest absolute Gasteiger partial charge is 0.390 e. The van der Waals surface area contributed by atoms with Crippen LogP contribution in [0.15, 0.2) is 12.4 Å². The van der Waals surface area contributed by atoms with Gasteiger partial charge in [0.25, 0.3) is 0 Å². The van der Waals surface area contributed by atoms with Crippen LogP contribution >= 0.6 is 0 Å². The Kier molecular flexibility index (Phi) is 4.35. The second-order valence-electron chi connectivity index (χ2n) is 3.80. The summed E-state index contributed by atoms with van der Waals surface area (Å²) < 4.78 is 38.4. The molecule has 0 aliphatic heterocycles. The summed E-state index contributed by atoms with van der Waals surface area (Å²) in [4.78, 5) is 4.07. The Balaban J connectivity index is 2.43. The van der Waals surface area contributed by atoms with Crippen LogP contribution in [-0.2, 0) is 13.5 Å². The molecule has 0 radical (unpaired) electrons. The highest BCUT2D eigenvalue weighted by Crippen LogP contribution is 2.23. The van der Waals surface area contributed by atoms with Crippen molar-refractivity contribution in [3.05, 3.63) is 18.2 Å². The Morgan fingerprint density at radius 1 is 1.50 bits per heavy atom. The summed E-state index contributed by atoms with van der Waals surface area (Å²) in [5.41, 5.74) is 0. The van der Waals surface area contributed by atoms with Crippen molar-refractivity contribution in [2.24, 2.45) is 7.05 Å². The zero-order valence-corrected chi connectivity index (χ0v) is 9.38. The van der Waals surface area contributed by atoms with Gasteiger partial charge in [0.05, 0.1) is 6.42 Å². The van der Waals surface area contributed by atoms with E-state index in [2.05, 4.69) is 10.3 Å². The first kappa shape index (κ1) is 13.0. The molecule has 3 nitrogen and oxygen atoms in total. The molecule has 0 aliphatic carbocycles. The highest BCUT2D eigenvalue weighted by atomic mass is 19.4. The number of alkyl halides is 3. The Morgan fingerprint density at radius 3 is 2.62 bits per heavy atom. The molecule has 1 N–H and O–H groups in total. The van der Waals surface area contributed by atoms with Crippen LogP contribution in [0.25, 0.3) is 0 Å². The highest BCUT2D eigenvalue weighted by molar-refractivity contribution is 4.92. The van der Waals surface area contributed by atoms with E-state index in [9.17, 15) is 13.2 Å². The fourth-order valence-electron chi connectivity index (χ4n) is 1.57. The maximum Gasteiger partial charge on any atom is 0.390 e. The van der Waals surface area contributed by atoms with Crippen molar-refractivity contribution in [3.63, 3.8) is 0 Å². The van der Waals surface area contributed by atoms with Gasteiger partial charge in [-0.2, -0.15) is 13.2 Å². The summed E-state index contributed by atoms with van der Waals surface area (Å²) >= 11 is 0. The van der Waals surface area contributed by atoms with Crippen LogP contribution in [0.1, 0.15) is 18.7 Å². The first-order valence-corrected chi connectivity index (χ1v) is 5.12. The normalized spacial score (nSPS) is 14.1. The number of hydrogen-bond donors (Lipinski definition) is 1. The van der Waals surface area contributed by atoms with E-state index in [0.29, 0.717) is 12.8 Å². The van der Waals surface area contributed by atoms with Gasteiger partial charge in [0, 0.05) is 31.9 Å². The number of nitrogens with zero attached hydrogens (tertiary/aromatic N) is 2. The molecule has 1 unspecified atom stereocenters. The number of halogens is 3. The maximum atomic E-state index is 12.2. The predicted octanol–water partition coefficient (Wildman–Crippen LogP) is 1.89. The smallest absolute Gasteiger partial charge is 0.338 e. The summed E-state index contributed by atoms with van der Waals surface area (Å²) in [5.74, 6) is 0.808. The van der Waals surface area contributed by atoms with Gasteiger partial charge in [0.1, 0.15) is 5.82 Å². The maximum absolute atomic E-state index is 12.2. The van der Waals surface area contributed by atoms with Gasteiger partial charge in [-0.15, -0.1) is 0 Å². The van der Waals surface area contributed by atoms with Gasteiger partial charge in [-0.1, -0.05) is 0 Å². The number of rotatable bonds is 5. The van der Waals surface area contributed by atoms with E-state index in [4.69, 9.17) is 0 Å². The van der Waals surface area contributed by atoms with Crippen LogP contribution in [0, 0.1) is 0 Å². The van der Waals surface area contributed by atoms with Crippen LogP contribution in [0.2, 0.25) is 0 Å². The minimum atomic E-state index is -4.12. The van der Waals surface area contributed by atoms with E-state index in [0.717, 1.165) is 5.82 Å². The SMILES string of the molecule is CNC(CCc1nccn1C)CC(F)(F)F. The van der Waals surface area contributed by atoms with Crippen molar-refractivity contribution in [2.75, 3.05) is 7.05 Å². The minimum absolute atomic E-state index is 0.431. The molecule has 0 bridgehead atoms. The van der Waals surface area contributed by atoms with Crippen LogP contribution in [0.3, 0.4) is 0 Å². The van der Waals surface area contributed by atoms with E-state index in [-0.39, 0.29) is 0 Å². The molecule has 1 rings (SSSR count). The summed E-state index contributed by atoms with van der Waals surface area (Å²) in [6.45, 7) is 0. The summed E-state index contributed by atoms with van der Waals surface area (Å²) in [7, 11) is 3.38. The molecule has 1 atom stereocenters. The number of imidazole rings is 1. The lowest BCUT2D eigenvalue weighted by Gasteiger charge is -2.17. The van der Waals surface area contributed by atoms with Gasteiger partial charge < -0.3 is 9.88 Å². The third-order valence-electron chi connectivity index (χ3n) is 2.52. The monoisotopic (exact) mass is 235 g/mol. The fourth-order valence-corrected chi connectivity index (χ4v) is 1.57. The van der Waals surface area contributed by atoms with E-state index in [1.165, 1.54) is 0 Å². The lowest BCUT2D eigenvalue weighted by Crippen LogP contribution is -2.31. The average Bonchev–Trinajstić information content (AvgIpc) is 2.57. The second-order valence-corrected chi connectivity index (χ2v) is 3.80. The van der Waals surface area contributed by atoms with Crippen molar-refractivity contribution in [2.45, 2.75) is 31.5 Å². The first-order valence-electron chi connectivity index (χ1n) is 5.12. The van der Waals surface area contributed by atoms with Crippen molar-refractivity contribution in [3.8, 4) is 0 Å². The number of hydrogen-bond acceptors (Lipinski definition) is 2. The molecule has 92 valence electrons. The van der Waals surface area contributed by atoms with Crippen molar-refractivity contribution >= 4 is 0 Å². The summed E-state index contributed by atoms with van der Waals surface area (Å²) in [6.07, 6.45) is -0.504. The molecule has 0 aliphatic rings. The van der Waals surface area contributed by atoms with Crippen LogP contribution in [0.5, 0.6) is 0 Å². The van der Waals surface area contributed by atoms with Crippen molar-refractivity contribution in [1.82, 2.24) is 14.9 Å². The molecule has 0 amide bonds. The first-order chi connectivity index (χ1) is 7.42. The molecule has 1 aromatic rings. The van der Waals surface area contributed by atoms with Crippen LogP contribution in [-0.4, -0.2) is 28.8 Å². The zero-order chi connectivity index (χ0) is 12.2. The van der Waals surface area contributed by atoms with Crippen LogP contribution in [0.4, 0.5) is 13.2 Å². The Morgan fingerprint density at radius 2 is 2.19 bits per heavy atom.